The number of fused-ring (bicyclic) bond motifs is 1. The molecule has 0 aliphatic carbocycles. The highest BCUT2D eigenvalue weighted by Gasteiger charge is 2.24. The van der Waals surface area contributed by atoms with Gasteiger partial charge < -0.3 is 0 Å². The highest BCUT2D eigenvalue weighted by atomic mass is 15.0. The van der Waals surface area contributed by atoms with Crippen molar-refractivity contribution in [3.63, 3.8) is 0 Å². The number of benzene rings is 1. The Balaban J connectivity index is 2.12. The fraction of sp³-hybridized carbons (Fsp3) is 0.217. The van der Waals surface area contributed by atoms with Gasteiger partial charge in [-0.15, -0.1) is 24.7 Å². The Hall–Kier alpha value is -3.10. The molecular formula is C23H22N2+2. The largest absolute Gasteiger partial charge is 0.277 e. The van der Waals surface area contributed by atoms with Crippen molar-refractivity contribution in [2.24, 2.45) is 0 Å². The molecule has 0 aliphatic rings. The van der Waals surface area contributed by atoms with E-state index in [1.54, 1.807) is 0 Å². The van der Waals surface area contributed by atoms with Crippen LogP contribution < -0.4 is 9.13 Å². The fourth-order valence-corrected chi connectivity index (χ4v) is 3.16. The Kier molecular flexibility index (Phi) is 5.45. The summed E-state index contributed by atoms with van der Waals surface area (Å²) in [4.78, 5) is 0. The quantitative estimate of drug-likeness (QED) is 0.372. The second-order valence-corrected chi connectivity index (χ2v) is 5.97. The molecular weight excluding hydrogens is 304 g/mol. The van der Waals surface area contributed by atoms with E-state index in [2.05, 4.69) is 81.8 Å². The van der Waals surface area contributed by atoms with E-state index in [-0.39, 0.29) is 0 Å². The first-order chi connectivity index (χ1) is 12.3. The molecule has 2 aromatic heterocycles. The summed E-state index contributed by atoms with van der Waals surface area (Å²) in [5.74, 6) is 5.49. The summed E-state index contributed by atoms with van der Waals surface area (Å²) in [6.45, 7) is 1.70. The maximum Gasteiger partial charge on any atom is 0.277 e. The SMILES string of the molecule is C#CCCC[n+]1ccccc1-c1ccc2ccccc2[n+]1CCC#C. The van der Waals surface area contributed by atoms with Crippen molar-refractivity contribution in [1.82, 2.24) is 0 Å². The van der Waals surface area contributed by atoms with Crippen molar-refractivity contribution >= 4 is 10.9 Å². The topological polar surface area (TPSA) is 7.76 Å². The number of pyridine rings is 2. The van der Waals surface area contributed by atoms with Gasteiger partial charge in [-0.1, -0.05) is 12.1 Å². The summed E-state index contributed by atoms with van der Waals surface area (Å²) in [5.41, 5.74) is 3.56. The van der Waals surface area contributed by atoms with Crippen LogP contribution in [-0.2, 0) is 13.1 Å². The van der Waals surface area contributed by atoms with Gasteiger partial charge in [-0.05, 0) is 18.2 Å². The predicted molar refractivity (Wildman–Crippen MR) is 101 cm³/mol. The van der Waals surface area contributed by atoms with Crippen LogP contribution in [-0.4, -0.2) is 0 Å². The third-order valence-corrected chi connectivity index (χ3v) is 4.34. The molecule has 0 N–H and O–H groups in total. The third kappa shape index (κ3) is 3.70. The minimum absolute atomic E-state index is 0.704. The molecule has 2 heteroatoms. The lowest BCUT2D eigenvalue weighted by Crippen LogP contribution is -2.43. The molecule has 122 valence electrons. The molecule has 0 spiro atoms. The molecule has 2 nitrogen and oxygen atoms in total. The molecule has 0 saturated heterocycles. The first kappa shape index (κ1) is 16.7. The van der Waals surface area contributed by atoms with Crippen molar-refractivity contribution in [2.45, 2.75) is 32.4 Å². The van der Waals surface area contributed by atoms with E-state index in [4.69, 9.17) is 12.8 Å². The van der Waals surface area contributed by atoms with Crippen molar-refractivity contribution in [3.8, 4) is 36.1 Å². The highest BCUT2D eigenvalue weighted by Crippen LogP contribution is 2.17. The Morgan fingerprint density at radius 2 is 1.56 bits per heavy atom. The van der Waals surface area contributed by atoms with Crippen LogP contribution in [0.3, 0.4) is 0 Å². The van der Waals surface area contributed by atoms with E-state index < -0.39 is 0 Å². The zero-order valence-electron chi connectivity index (χ0n) is 14.4. The van der Waals surface area contributed by atoms with Crippen molar-refractivity contribution in [3.05, 3.63) is 60.8 Å². The summed E-state index contributed by atoms with van der Waals surface area (Å²) in [6, 6.07) is 19.1. The van der Waals surface area contributed by atoms with Gasteiger partial charge in [-0.2, -0.15) is 9.13 Å². The van der Waals surface area contributed by atoms with Crippen molar-refractivity contribution in [2.75, 3.05) is 0 Å². The fourth-order valence-electron chi connectivity index (χ4n) is 3.16. The Bertz CT molecular complexity index is 958. The third-order valence-electron chi connectivity index (χ3n) is 4.34. The van der Waals surface area contributed by atoms with Gasteiger partial charge in [0.2, 0.25) is 5.52 Å². The lowest BCUT2D eigenvalue weighted by molar-refractivity contribution is -0.705. The Morgan fingerprint density at radius 1 is 0.760 bits per heavy atom. The average Bonchev–Trinajstić information content (AvgIpc) is 2.66. The van der Waals surface area contributed by atoms with Gasteiger partial charge in [0.05, 0.1) is 6.42 Å². The first-order valence-corrected chi connectivity index (χ1v) is 8.62. The van der Waals surface area contributed by atoms with Crippen molar-refractivity contribution in [1.29, 1.82) is 0 Å². The molecule has 0 fully saturated rings. The van der Waals surface area contributed by atoms with Crippen LogP contribution in [0.5, 0.6) is 0 Å². The molecule has 0 amide bonds. The van der Waals surface area contributed by atoms with E-state index >= 15 is 0 Å². The number of nitrogens with zero attached hydrogens (tertiary/aromatic N) is 2. The number of hydrogen-bond acceptors (Lipinski definition) is 0. The molecule has 3 rings (SSSR count). The average molecular weight is 326 g/mol. The second-order valence-electron chi connectivity index (χ2n) is 5.97. The number of rotatable bonds is 6. The summed E-state index contributed by atoms with van der Waals surface area (Å²) in [5, 5.41) is 1.22. The number of aryl methyl sites for hydroxylation is 2. The molecule has 0 radical (unpaired) electrons. The van der Waals surface area contributed by atoms with Gasteiger partial charge in [-0.25, -0.2) is 0 Å². The van der Waals surface area contributed by atoms with Gasteiger partial charge in [0, 0.05) is 42.5 Å². The Morgan fingerprint density at radius 3 is 2.40 bits per heavy atom. The lowest BCUT2D eigenvalue weighted by Gasteiger charge is -2.07. The maximum absolute atomic E-state index is 5.53. The van der Waals surface area contributed by atoms with E-state index in [0.717, 1.165) is 25.9 Å². The molecule has 0 aliphatic heterocycles. The summed E-state index contributed by atoms with van der Waals surface area (Å²) < 4.78 is 4.59. The molecule has 0 bridgehead atoms. The molecule has 25 heavy (non-hydrogen) atoms. The van der Waals surface area contributed by atoms with E-state index in [9.17, 15) is 0 Å². The van der Waals surface area contributed by atoms with E-state index in [1.807, 2.05) is 0 Å². The number of para-hydroxylation sites is 1. The maximum atomic E-state index is 5.53. The normalized spacial score (nSPS) is 10.3. The second kappa shape index (κ2) is 8.13. The highest BCUT2D eigenvalue weighted by molar-refractivity contribution is 5.76. The molecule has 0 unspecified atom stereocenters. The van der Waals surface area contributed by atoms with Gasteiger partial charge in [0.1, 0.15) is 6.54 Å². The molecule has 2 heterocycles. The lowest BCUT2D eigenvalue weighted by atomic mass is 10.1. The molecule has 1 aromatic carbocycles. The smallest absolute Gasteiger partial charge is 0.193 e. The zero-order valence-corrected chi connectivity index (χ0v) is 14.4. The van der Waals surface area contributed by atoms with Crippen LogP contribution in [0.15, 0.2) is 60.8 Å². The van der Waals surface area contributed by atoms with Crippen LogP contribution in [0, 0.1) is 24.7 Å². The predicted octanol–water partition coefficient (Wildman–Crippen LogP) is 3.52. The minimum atomic E-state index is 0.704. The monoisotopic (exact) mass is 326 g/mol. The van der Waals surface area contributed by atoms with Crippen LogP contribution in [0.1, 0.15) is 19.3 Å². The number of aromatic nitrogens is 2. The standard InChI is InChI=1S/C23H22N2/c1-3-5-10-17-24-18-11-9-14-22(24)23-16-15-20-12-7-8-13-21(20)25(23)19-6-4-2/h1-2,7-9,11-16,18H,5-6,10,17,19H2/q+2. The summed E-state index contributed by atoms with van der Waals surface area (Å²) in [6.07, 6.45) is 15.5. The van der Waals surface area contributed by atoms with Crippen LogP contribution in [0.25, 0.3) is 22.3 Å². The Labute approximate surface area is 149 Å². The molecule has 3 aromatic rings. The molecule has 0 saturated carbocycles. The van der Waals surface area contributed by atoms with Gasteiger partial charge in [0.15, 0.2) is 12.7 Å². The first-order valence-electron chi connectivity index (χ1n) is 8.62. The van der Waals surface area contributed by atoms with Crippen LogP contribution >= 0.6 is 0 Å². The molecule has 0 atom stereocenters. The van der Waals surface area contributed by atoms with Crippen molar-refractivity contribution < 1.29 is 9.13 Å². The number of hydrogen-bond donors (Lipinski definition) is 0. The van der Waals surface area contributed by atoms with E-state index in [0.29, 0.717) is 6.42 Å². The zero-order chi connectivity index (χ0) is 17.5. The van der Waals surface area contributed by atoms with Crippen LogP contribution in [0.2, 0.25) is 0 Å². The number of terminal acetylenes is 2. The number of unbranched alkanes of at least 4 members (excludes halogenated alkanes) is 1. The van der Waals surface area contributed by atoms with Crippen LogP contribution in [0.4, 0.5) is 0 Å². The summed E-state index contributed by atoms with van der Waals surface area (Å²) >= 11 is 0. The van der Waals surface area contributed by atoms with E-state index in [1.165, 1.54) is 22.3 Å². The summed E-state index contributed by atoms with van der Waals surface area (Å²) in [7, 11) is 0. The van der Waals surface area contributed by atoms with Gasteiger partial charge in [0.25, 0.3) is 11.4 Å². The minimum Gasteiger partial charge on any atom is -0.193 e. The van der Waals surface area contributed by atoms with Gasteiger partial charge in [-0.3, -0.25) is 0 Å². The van der Waals surface area contributed by atoms with Gasteiger partial charge >= 0.3 is 0 Å².